The molecule has 0 saturated carbocycles. The maximum absolute atomic E-state index is 13.1. The first kappa shape index (κ1) is 28.8. The third-order valence-corrected chi connectivity index (χ3v) is 7.06. The number of anilines is 1. The molecule has 2 amide bonds. The van der Waals surface area contributed by atoms with Crippen molar-refractivity contribution in [3.63, 3.8) is 0 Å². The van der Waals surface area contributed by atoms with Gasteiger partial charge < -0.3 is 15.2 Å². The fourth-order valence-corrected chi connectivity index (χ4v) is 5.09. The molecule has 10 heteroatoms. The molecule has 0 saturated heterocycles. The van der Waals surface area contributed by atoms with E-state index in [0.29, 0.717) is 34.5 Å². The van der Waals surface area contributed by atoms with Crippen LogP contribution in [0.5, 0.6) is 0 Å². The molecule has 0 spiro atoms. The summed E-state index contributed by atoms with van der Waals surface area (Å²) in [6.45, 7) is 12.4. The van der Waals surface area contributed by atoms with Gasteiger partial charge in [0, 0.05) is 17.3 Å². The summed E-state index contributed by atoms with van der Waals surface area (Å²) in [5.74, 6) is 0.534. The van der Waals surface area contributed by atoms with Crippen molar-refractivity contribution >= 4 is 52.5 Å². The summed E-state index contributed by atoms with van der Waals surface area (Å²) in [5, 5.41) is 16.0. The second-order valence-corrected chi connectivity index (χ2v) is 11.0. The molecule has 0 fully saturated rings. The lowest BCUT2D eigenvalue weighted by Crippen LogP contribution is -2.32. The summed E-state index contributed by atoms with van der Waals surface area (Å²) in [5.41, 5.74) is 3.25. The molecule has 2 N–H and O–H groups in total. The Morgan fingerprint density at radius 3 is 2.54 bits per heavy atom. The molecule has 1 aromatic heterocycles. The summed E-state index contributed by atoms with van der Waals surface area (Å²) in [4.78, 5) is 25.7. The van der Waals surface area contributed by atoms with Crippen LogP contribution in [0.15, 0.2) is 54.2 Å². The number of amides is 2. The van der Waals surface area contributed by atoms with Crippen LogP contribution in [0.25, 0.3) is 0 Å². The quantitative estimate of drug-likeness (QED) is 0.203. The summed E-state index contributed by atoms with van der Waals surface area (Å²) in [6, 6.07) is 10.2. The van der Waals surface area contributed by atoms with Gasteiger partial charge in [0.25, 0.3) is 5.91 Å². The summed E-state index contributed by atoms with van der Waals surface area (Å²) in [7, 11) is 0. The highest BCUT2D eigenvalue weighted by molar-refractivity contribution is 7.99. The molecule has 2 aromatic carbocycles. The Kier molecular flexibility index (Phi) is 10.2. The monoisotopic (exact) mass is 559 g/mol. The Morgan fingerprint density at radius 2 is 1.89 bits per heavy atom. The molecule has 0 radical (unpaired) electrons. The lowest BCUT2D eigenvalue weighted by atomic mass is 10.0. The molecule has 0 aliphatic heterocycles. The zero-order valence-corrected chi connectivity index (χ0v) is 23.7. The van der Waals surface area contributed by atoms with Gasteiger partial charge in [-0.25, -0.2) is 0 Å². The van der Waals surface area contributed by atoms with Crippen LogP contribution in [0, 0.1) is 19.8 Å². The molecule has 3 rings (SSSR count). The van der Waals surface area contributed by atoms with E-state index in [0.717, 1.165) is 16.8 Å². The Labute approximate surface area is 232 Å². The molecular formula is C27H31Cl2N5O2S. The van der Waals surface area contributed by atoms with Crippen LogP contribution < -0.4 is 10.6 Å². The van der Waals surface area contributed by atoms with Crippen LogP contribution in [0.4, 0.5) is 5.69 Å². The van der Waals surface area contributed by atoms with Crippen LogP contribution in [-0.4, -0.2) is 32.3 Å². The minimum atomic E-state index is -0.426. The van der Waals surface area contributed by atoms with E-state index < -0.39 is 6.04 Å². The van der Waals surface area contributed by atoms with Gasteiger partial charge in [-0.2, -0.15) is 0 Å². The first-order valence-corrected chi connectivity index (χ1v) is 13.6. The summed E-state index contributed by atoms with van der Waals surface area (Å²) < 4.78 is 1.87. The minimum Gasteiger partial charge on any atom is -0.342 e. The van der Waals surface area contributed by atoms with Crippen molar-refractivity contribution in [1.29, 1.82) is 0 Å². The molecule has 0 unspecified atom stereocenters. The summed E-state index contributed by atoms with van der Waals surface area (Å²) in [6.07, 6.45) is 2.36. The van der Waals surface area contributed by atoms with Crippen LogP contribution in [0.1, 0.15) is 53.6 Å². The number of aryl methyl sites for hydroxylation is 2. The van der Waals surface area contributed by atoms with E-state index in [1.165, 1.54) is 17.8 Å². The lowest BCUT2D eigenvalue weighted by Gasteiger charge is -2.21. The van der Waals surface area contributed by atoms with Gasteiger partial charge in [-0.1, -0.05) is 72.6 Å². The fourth-order valence-electron chi connectivity index (χ4n) is 3.85. The Balaban J connectivity index is 1.79. The zero-order chi connectivity index (χ0) is 27.1. The second kappa shape index (κ2) is 13.1. The first-order chi connectivity index (χ1) is 17.6. The van der Waals surface area contributed by atoms with Crippen molar-refractivity contribution in [1.82, 2.24) is 20.1 Å². The largest absolute Gasteiger partial charge is 0.342 e. The number of thioether (sulfide) groups is 1. The molecule has 3 aromatic rings. The van der Waals surface area contributed by atoms with E-state index in [9.17, 15) is 9.59 Å². The van der Waals surface area contributed by atoms with Crippen LogP contribution in [0.2, 0.25) is 10.0 Å². The number of benzene rings is 2. The van der Waals surface area contributed by atoms with Crippen LogP contribution in [-0.2, 0) is 11.3 Å². The average Bonchev–Trinajstić information content (AvgIpc) is 3.21. The van der Waals surface area contributed by atoms with Crippen LogP contribution >= 0.6 is 35.0 Å². The van der Waals surface area contributed by atoms with Gasteiger partial charge in [-0.3, -0.25) is 9.59 Å². The lowest BCUT2D eigenvalue weighted by molar-refractivity contribution is -0.113. The molecule has 0 aliphatic carbocycles. The van der Waals surface area contributed by atoms with E-state index in [1.807, 2.05) is 36.6 Å². The van der Waals surface area contributed by atoms with Crippen molar-refractivity contribution in [2.24, 2.45) is 5.92 Å². The van der Waals surface area contributed by atoms with E-state index >= 15 is 0 Å². The van der Waals surface area contributed by atoms with E-state index in [4.69, 9.17) is 23.2 Å². The highest BCUT2D eigenvalue weighted by Gasteiger charge is 2.25. The number of hydrogen-bond donors (Lipinski definition) is 2. The van der Waals surface area contributed by atoms with Gasteiger partial charge in [0.2, 0.25) is 5.91 Å². The number of nitrogens with one attached hydrogen (secondary N) is 2. The van der Waals surface area contributed by atoms with Crippen molar-refractivity contribution in [2.75, 3.05) is 11.1 Å². The molecule has 1 heterocycles. The standard InChI is InChI=1S/C27H31Cl2N5O2S/c1-6-11-34-25(23(12-16(2)3)31-26(36)20-9-8-19(28)14-21(20)29)32-33-27(34)37-15-24(35)30-22-10-7-17(4)13-18(22)5/h6-10,13-14,16,23H,1,11-12,15H2,2-5H3,(H,30,35)(H,31,36)/t23-/m1/s1. The number of carbonyl (C=O) groups excluding carboxylic acids is 2. The predicted octanol–water partition coefficient (Wildman–Crippen LogP) is 6.64. The predicted molar refractivity (Wildman–Crippen MR) is 152 cm³/mol. The van der Waals surface area contributed by atoms with E-state index in [1.54, 1.807) is 18.2 Å². The number of aromatic nitrogens is 3. The summed E-state index contributed by atoms with van der Waals surface area (Å²) >= 11 is 13.5. The number of halogens is 2. The first-order valence-electron chi connectivity index (χ1n) is 11.9. The second-order valence-electron chi connectivity index (χ2n) is 9.18. The van der Waals surface area contributed by atoms with Gasteiger partial charge in [-0.15, -0.1) is 16.8 Å². The fraction of sp³-hybridized carbons (Fsp3) is 0.333. The molecular weight excluding hydrogens is 529 g/mol. The molecule has 196 valence electrons. The Hall–Kier alpha value is -2.81. The zero-order valence-electron chi connectivity index (χ0n) is 21.3. The molecule has 0 aliphatic rings. The molecule has 37 heavy (non-hydrogen) atoms. The number of nitrogens with zero attached hydrogens (tertiary/aromatic N) is 3. The Bertz CT molecular complexity index is 1290. The average molecular weight is 561 g/mol. The van der Waals surface area contributed by atoms with E-state index in [-0.39, 0.29) is 28.5 Å². The van der Waals surface area contributed by atoms with Gasteiger partial charge in [-0.05, 0) is 56.0 Å². The third kappa shape index (κ3) is 7.84. The van der Waals surface area contributed by atoms with Crippen molar-refractivity contribution in [3.05, 3.63) is 81.6 Å². The normalized spacial score (nSPS) is 11.9. The topological polar surface area (TPSA) is 88.9 Å². The maximum Gasteiger partial charge on any atom is 0.253 e. The minimum absolute atomic E-state index is 0.143. The number of hydrogen-bond acceptors (Lipinski definition) is 5. The van der Waals surface area contributed by atoms with Gasteiger partial charge in [0.15, 0.2) is 11.0 Å². The number of rotatable bonds is 11. The Morgan fingerprint density at radius 1 is 1.14 bits per heavy atom. The van der Waals surface area contributed by atoms with Gasteiger partial charge in [0.1, 0.15) is 0 Å². The van der Waals surface area contributed by atoms with Crippen molar-refractivity contribution in [2.45, 2.75) is 51.9 Å². The van der Waals surface area contributed by atoms with Gasteiger partial charge >= 0.3 is 0 Å². The number of allylic oxidation sites excluding steroid dienone is 1. The highest BCUT2D eigenvalue weighted by Crippen LogP contribution is 2.27. The smallest absolute Gasteiger partial charge is 0.253 e. The number of carbonyl (C=O) groups is 2. The van der Waals surface area contributed by atoms with Crippen LogP contribution in [0.3, 0.4) is 0 Å². The molecule has 7 nitrogen and oxygen atoms in total. The SMILES string of the molecule is C=CCn1c(SCC(=O)Nc2ccc(C)cc2C)nnc1[C@@H](CC(C)C)NC(=O)c1ccc(Cl)cc1Cl. The molecule has 0 bridgehead atoms. The van der Waals surface area contributed by atoms with E-state index in [2.05, 4.69) is 41.3 Å². The maximum atomic E-state index is 13.1. The molecule has 1 atom stereocenters. The third-order valence-electron chi connectivity index (χ3n) is 5.55. The highest BCUT2D eigenvalue weighted by atomic mass is 35.5. The van der Waals surface area contributed by atoms with Crippen molar-refractivity contribution in [3.8, 4) is 0 Å². The van der Waals surface area contributed by atoms with Gasteiger partial charge in [0.05, 0.1) is 22.4 Å². The van der Waals surface area contributed by atoms with Crippen molar-refractivity contribution < 1.29 is 9.59 Å².